The summed E-state index contributed by atoms with van der Waals surface area (Å²) in [5.74, 6) is 0.310. The van der Waals surface area contributed by atoms with Gasteiger partial charge in [0.25, 0.3) is 0 Å². The van der Waals surface area contributed by atoms with Gasteiger partial charge < -0.3 is 4.90 Å². The largest absolute Gasteiger partial charge is 0.321 e. The van der Waals surface area contributed by atoms with E-state index in [9.17, 15) is 4.79 Å². The van der Waals surface area contributed by atoms with Gasteiger partial charge in [-0.25, -0.2) is 0 Å². The molecular weight excluding hydrogens is 268 g/mol. The van der Waals surface area contributed by atoms with Crippen LogP contribution in [0.1, 0.15) is 44.3 Å². The third-order valence-corrected chi connectivity index (χ3v) is 5.07. The summed E-state index contributed by atoms with van der Waals surface area (Å²) in [5.41, 5.74) is 0.979. The van der Waals surface area contributed by atoms with Gasteiger partial charge in [0, 0.05) is 11.4 Å². The summed E-state index contributed by atoms with van der Waals surface area (Å²) in [5, 5.41) is 3.57. The zero-order valence-corrected chi connectivity index (χ0v) is 13.0. The predicted octanol–water partition coefficient (Wildman–Crippen LogP) is 3.17. The Morgan fingerprint density at radius 2 is 2.05 bits per heavy atom. The molecule has 1 aliphatic carbocycles. The molecule has 1 atom stereocenters. The number of rotatable bonds is 5. The standard InChI is InChI=1S/C16H22N2OS/c1-3-4-11-18-14(17-16(9-10-16)15(18)19)12-5-7-13(20-2)8-6-12/h5-8,14,17H,3-4,9-11H2,1-2H3. The summed E-state index contributed by atoms with van der Waals surface area (Å²) >= 11 is 1.75. The average Bonchev–Trinajstić information content (AvgIpc) is 3.21. The number of carbonyl (C=O) groups excluding carboxylic acids is 1. The fourth-order valence-corrected chi connectivity index (χ4v) is 3.29. The van der Waals surface area contributed by atoms with Gasteiger partial charge in [-0.05, 0) is 43.2 Å². The lowest BCUT2D eigenvalue weighted by atomic mass is 10.1. The molecule has 1 saturated heterocycles. The summed E-state index contributed by atoms with van der Waals surface area (Å²) in [4.78, 5) is 15.9. The average molecular weight is 290 g/mol. The molecule has 0 bridgehead atoms. The number of unbranched alkanes of at least 4 members (excludes halogenated alkanes) is 1. The molecule has 3 rings (SSSR count). The summed E-state index contributed by atoms with van der Waals surface area (Å²) in [7, 11) is 0. The zero-order valence-electron chi connectivity index (χ0n) is 12.2. The first-order valence-corrected chi connectivity index (χ1v) is 8.65. The molecule has 1 N–H and O–H groups in total. The number of benzene rings is 1. The second-order valence-electron chi connectivity index (χ2n) is 5.75. The Morgan fingerprint density at radius 3 is 2.60 bits per heavy atom. The third-order valence-electron chi connectivity index (χ3n) is 4.33. The van der Waals surface area contributed by atoms with Gasteiger partial charge in [0.15, 0.2) is 0 Å². The lowest BCUT2D eigenvalue weighted by Crippen LogP contribution is -2.32. The first-order chi connectivity index (χ1) is 9.70. The van der Waals surface area contributed by atoms with Crippen LogP contribution in [0.4, 0.5) is 0 Å². The maximum Gasteiger partial charge on any atom is 0.244 e. The van der Waals surface area contributed by atoms with E-state index in [4.69, 9.17) is 0 Å². The van der Waals surface area contributed by atoms with Crippen molar-refractivity contribution in [3.63, 3.8) is 0 Å². The van der Waals surface area contributed by atoms with Crippen molar-refractivity contribution in [2.75, 3.05) is 12.8 Å². The monoisotopic (exact) mass is 290 g/mol. The molecule has 20 heavy (non-hydrogen) atoms. The van der Waals surface area contributed by atoms with Crippen molar-refractivity contribution in [2.45, 2.75) is 49.2 Å². The van der Waals surface area contributed by atoms with Gasteiger partial charge in [0.1, 0.15) is 11.7 Å². The molecule has 0 aromatic heterocycles. The van der Waals surface area contributed by atoms with Gasteiger partial charge in [0.05, 0.1) is 0 Å². The molecule has 1 saturated carbocycles. The van der Waals surface area contributed by atoms with Crippen LogP contribution in [0.25, 0.3) is 0 Å². The van der Waals surface area contributed by atoms with Gasteiger partial charge in [-0.3, -0.25) is 10.1 Å². The van der Waals surface area contributed by atoms with Gasteiger partial charge in [0.2, 0.25) is 5.91 Å². The van der Waals surface area contributed by atoms with Crippen molar-refractivity contribution in [3.8, 4) is 0 Å². The summed E-state index contributed by atoms with van der Waals surface area (Å²) in [6, 6.07) is 8.58. The van der Waals surface area contributed by atoms with Crippen molar-refractivity contribution in [1.82, 2.24) is 10.2 Å². The fraction of sp³-hybridized carbons (Fsp3) is 0.562. The Hall–Kier alpha value is -1.00. The summed E-state index contributed by atoms with van der Waals surface area (Å²) in [6.45, 7) is 3.03. The van der Waals surface area contributed by atoms with E-state index < -0.39 is 0 Å². The van der Waals surface area contributed by atoms with Crippen LogP contribution in [0.3, 0.4) is 0 Å². The Kier molecular flexibility index (Phi) is 3.78. The molecule has 1 heterocycles. The van der Waals surface area contributed by atoms with Gasteiger partial charge in [-0.2, -0.15) is 0 Å². The van der Waals surface area contributed by atoms with Gasteiger partial charge in [-0.15, -0.1) is 11.8 Å². The SMILES string of the molecule is CCCCN1C(=O)C2(CC2)NC1c1ccc(SC)cc1. The van der Waals surface area contributed by atoms with Crippen LogP contribution in [0, 0.1) is 0 Å². The minimum absolute atomic E-state index is 0.0625. The van der Waals surface area contributed by atoms with Gasteiger partial charge >= 0.3 is 0 Å². The van der Waals surface area contributed by atoms with Crippen molar-refractivity contribution >= 4 is 17.7 Å². The van der Waals surface area contributed by atoms with E-state index in [1.54, 1.807) is 11.8 Å². The van der Waals surface area contributed by atoms with Crippen molar-refractivity contribution in [1.29, 1.82) is 0 Å². The maximum absolute atomic E-state index is 12.6. The van der Waals surface area contributed by atoms with E-state index in [2.05, 4.69) is 42.8 Å². The van der Waals surface area contributed by atoms with Gasteiger partial charge in [-0.1, -0.05) is 25.5 Å². The molecule has 4 heteroatoms. The maximum atomic E-state index is 12.6. The van der Waals surface area contributed by atoms with E-state index in [0.29, 0.717) is 5.91 Å². The highest BCUT2D eigenvalue weighted by Gasteiger charge is 2.59. The van der Waals surface area contributed by atoms with Crippen LogP contribution in [0.5, 0.6) is 0 Å². The molecular formula is C16H22N2OS. The van der Waals surface area contributed by atoms with E-state index in [0.717, 1.165) is 32.2 Å². The van der Waals surface area contributed by atoms with Crippen LogP contribution in [-0.4, -0.2) is 29.1 Å². The highest BCUT2D eigenvalue weighted by molar-refractivity contribution is 7.98. The number of hydrogen-bond acceptors (Lipinski definition) is 3. The fourth-order valence-electron chi connectivity index (χ4n) is 2.89. The van der Waals surface area contributed by atoms with E-state index >= 15 is 0 Å². The van der Waals surface area contributed by atoms with Crippen LogP contribution in [-0.2, 0) is 4.79 Å². The first kappa shape index (κ1) is 14.0. The Labute approximate surface area is 125 Å². The third kappa shape index (κ3) is 2.35. The zero-order chi connectivity index (χ0) is 14.2. The summed E-state index contributed by atoms with van der Waals surface area (Å²) < 4.78 is 0. The molecule has 3 nitrogen and oxygen atoms in total. The van der Waals surface area contributed by atoms with Crippen molar-refractivity contribution in [3.05, 3.63) is 29.8 Å². The number of amides is 1. The van der Waals surface area contributed by atoms with Crippen LogP contribution >= 0.6 is 11.8 Å². The van der Waals surface area contributed by atoms with Crippen LogP contribution < -0.4 is 5.32 Å². The van der Waals surface area contributed by atoms with Crippen molar-refractivity contribution in [2.24, 2.45) is 0 Å². The van der Waals surface area contributed by atoms with Crippen LogP contribution in [0.15, 0.2) is 29.2 Å². The molecule has 2 fully saturated rings. The molecule has 1 amide bonds. The smallest absolute Gasteiger partial charge is 0.244 e. The Balaban J connectivity index is 1.83. The molecule has 2 aliphatic rings. The highest BCUT2D eigenvalue weighted by Crippen LogP contribution is 2.46. The minimum atomic E-state index is -0.226. The van der Waals surface area contributed by atoms with Crippen molar-refractivity contribution < 1.29 is 4.79 Å². The topological polar surface area (TPSA) is 32.3 Å². The second kappa shape index (κ2) is 5.41. The Bertz CT molecular complexity index is 496. The quantitative estimate of drug-likeness (QED) is 0.845. The lowest BCUT2D eigenvalue weighted by Gasteiger charge is -2.24. The lowest BCUT2D eigenvalue weighted by molar-refractivity contribution is -0.130. The molecule has 1 unspecified atom stereocenters. The molecule has 0 radical (unpaired) electrons. The number of carbonyl (C=O) groups is 1. The minimum Gasteiger partial charge on any atom is -0.321 e. The molecule has 108 valence electrons. The number of hydrogen-bond donors (Lipinski definition) is 1. The molecule has 1 aromatic carbocycles. The van der Waals surface area contributed by atoms with E-state index in [1.807, 2.05) is 4.90 Å². The highest BCUT2D eigenvalue weighted by atomic mass is 32.2. The van der Waals surface area contributed by atoms with E-state index in [-0.39, 0.29) is 11.7 Å². The first-order valence-electron chi connectivity index (χ1n) is 7.43. The normalized spacial score (nSPS) is 23.6. The number of thioether (sulfide) groups is 1. The molecule has 1 aliphatic heterocycles. The Morgan fingerprint density at radius 1 is 1.35 bits per heavy atom. The second-order valence-corrected chi connectivity index (χ2v) is 6.63. The molecule has 1 spiro atoms. The van der Waals surface area contributed by atoms with E-state index in [1.165, 1.54) is 10.5 Å². The number of nitrogens with one attached hydrogen (secondary N) is 1. The molecule has 1 aromatic rings. The van der Waals surface area contributed by atoms with Crippen LogP contribution in [0.2, 0.25) is 0 Å². The summed E-state index contributed by atoms with van der Waals surface area (Å²) in [6.07, 6.45) is 6.32. The number of nitrogens with zero attached hydrogens (tertiary/aromatic N) is 1. The predicted molar refractivity (Wildman–Crippen MR) is 82.7 cm³/mol.